The van der Waals surface area contributed by atoms with Gasteiger partial charge in [-0.25, -0.2) is 0 Å². The van der Waals surface area contributed by atoms with Crippen LogP contribution in [-0.4, -0.2) is 44.7 Å². The van der Waals surface area contributed by atoms with Crippen LogP contribution in [-0.2, 0) is 0 Å². The number of likely N-dealkylation sites (N-methyl/N-ethyl adjacent to an activating group) is 1. The Balaban J connectivity index is 2.16. The van der Waals surface area contributed by atoms with Crippen LogP contribution in [0.4, 0.5) is 0 Å². The van der Waals surface area contributed by atoms with Gasteiger partial charge < -0.3 is 10.0 Å². The van der Waals surface area contributed by atoms with E-state index in [0.29, 0.717) is 4.88 Å². The van der Waals surface area contributed by atoms with Gasteiger partial charge in [-0.05, 0) is 30.3 Å². The first-order valence-electron chi connectivity index (χ1n) is 6.79. The molecule has 1 aliphatic rings. The Bertz CT molecular complexity index is 447. The third-order valence-corrected chi connectivity index (χ3v) is 4.50. The van der Waals surface area contributed by atoms with E-state index >= 15 is 0 Å². The SMILES string of the molecule is CC(C)c1nnsc1C(=O)N(C)C1CCCCC1O. The molecule has 2 unspecified atom stereocenters. The summed E-state index contributed by atoms with van der Waals surface area (Å²) in [6, 6.07) is -0.0802. The van der Waals surface area contributed by atoms with Crippen molar-refractivity contribution in [2.75, 3.05) is 7.05 Å². The minimum Gasteiger partial charge on any atom is -0.391 e. The monoisotopic (exact) mass is 283 g/mol. The Morgan fingerprint density at radius 3 is 2.74 bits per heavy atom. The van der Waals surface area contributed by atoms with Crippen LogP contribution in [0.25, 0.3) is 0 Å². The number of amides is 1. The van der Waals surface area contributed by atoms with Crippen molar-refractivity contribution in [1.82, 2.24) is 14.5 Å². The van der Waals surface area contributed by atoms with Gasteiger partial charge >= 0.3 is 0 Å². The normalized spacial score (nSPS) is 23.6. The zero-order valence-corrected chi connectivity index (χ0v) is 12.5. The first-order valence-corrected chi connectivity index (χ1v) is 7.57. The number of carbonyl (C=O) groups excluding carboxylic acids is 1. The quantitative estimate of drug-likeness (QED) is 0.922. The number of hydrogen-bond donors (Lipinski definition) is 1. The van der Waals surface area contributed by atoms with Crippen molar-refractivity contribution >= 4 is 17.4 Å². The lowest BCUT2D eigenvalue weighted by molar-refractivity contribution is 0.0270. The minimum atomic E-state index is -0.411. The Hall–Kier alpha value is -1.01. The predicted molar refractivity (Wildman–Crippen MR) is 74.4 cm³/mol. The van der Waals surface area contributed by atoms with E-state index in [1.165, 1.54) is 0 Å². The summed E-state index contributed by atoms with van der Waals surface area (Å²) in [5.41, 5.74) is 0.757. The molecule has 1 fully saturated rings. The van der Waals surface area contributed by atoms with Crippen molar-refractivity contribution in [3.05, 3.63) is 10.6 Å². The molecule has 0 aliphatic heterocycles. The molecule has 106 valence electrons. The molecule has 1 N–H and O–H groups in total. The van der Waals surface area contributed by atoms with E-state index in [1.807, 2.05) is 13.8 Å². The average Bonchev–Trinajstić information content (AvgIpc) is 2.87. The standard InChI is InChI=1S/C13H21N3O2S/c1-8(2)11-12(19-15-14-11)13(18)16(3)9-6-4-5-7-10(9)17/h8-10,17H,4-7H2,1-3H3. The van der Waals surface area contributed by atoms with Gasteiger partial charge in [0.2, 0.25) is 0 Å². The molecule has 1 saturated carbocycles. The van der Waals surface area contributed by atoms with Gasteiger partial charge in [-0.3, -0.25) is 4.79 Å². The first kappa shape index (κ1) is 14.4. The molecule has 0 spiro atoms. The summed E-state index contributed by atoms with van der Waals surface area (Å²) in [6.45, 7) is 4.01. The van der Waals surface area contributed by atoms with Crippen LogP contribution in [0.2, 0.25) is 0 Å². The van der Waals surface area contributed by atoms with Gasteiger partial charge in [0.15, 0.2) is 0 Å². The van der Waals surface area contributed by atoms with Crippen LogP contribution in [0.15, 0.2) is 0 Å². The van der Waals surface area contributed by atoms with E-state index < -0.39 is 6.10 Å². The summed E-state index contributed by atoms with van der Waals surface area (Å²) in [7, 11) is 1.77. The van der Waals surface area contributed by atoms with E-state index in [-0.39, 0.29) is 17.9 Å². The number of aliphatic hydroxyl groups excluding tert-OH is 1. The largest absolute Gasteiger partial charge is 0.391 e. The van der Waals surface area contributed by atoms with E-state index in [9.17, 15) is 9.90 Å². The van der Waals surface area contributed by atoms with Crippen molar-refractivity contribution in [3.63, 3.8) is 0 Å². The van der Waals surface area contributed by atoms with Crippen LogP contribution < -0.4 is 0 Å². The molecule has 0 saturated heterocycles. The molecule has 1 aromatic heterocycles. The molecule has 1 amide bonds. The molecule has 5 nitrogen and oxygen atoms in total. The van der Waals surface area contributed by atoms with Gasteiger partial charge in [0.1, 0.15) is 4.88 Å². The van der Waals surface area contributed by atoms with Gasteiger partial charge in [-0.15, -0.1) is 5.10 Å². The molecular formula is C13H21N3O2S. The fourth-order valence-corrected chi connectivity index (χ4v) is 3.38. The second-order valence-corrected chi connectivity index (χ2v) is 6.23. The lowest BCUT2D eigenvalue weighted by atomic mass is 9.91. The number of aromatic nitrogens is 2. The van der Waals surface area contributed by atoms with Crippen LogP contribution in [0, 0.1) is 0 Å². The summed E-state index contributed by atoms with van der Waals surface area (Å²) >= 11 is 1.15. The molecule has 0 bridgehead atoms. The van der Waals surface area contributed by atoms with Crippen LogP contribution >= 0.6 is 11.5 Å². The van der Waals surface area contributed by atoms with Crippen molar-refractivity contribution in [1.29, 1.82) is 0 Å². The number of carbonyl (C=O) groups is 1. The average molecular weight is 283 g/mol. The molecule has 0 radical (unpaired) electrons. The molecule has 2 atom stereocenters. The Labute approximate surface area is 117 Å². The maximum atomic E-state index is 12.5. The van der Waals surface area contributed by atoms with Gasteiger partial charge in [0.05, 0.1) is 17.8 Å². The lowest BCUT2D eigenvalue weighted by Gasteiger charge is -2.35. The smallest absolute Gasteiger partial charge is 0.267 e. The highest BCUT2D eigenvalue weighted by molar-refractivity contribution is 7.08. The van der Waals surface area contributed by atoms with E-state index in [1.54, 1.807) is 11.9 Å². The maximum Gasteiger partial charge on any atom is 0.267 e. The highest BCUT2D eigenvalue weighted by atomic mass is 32.1. The van der Waals surface area contributed by atoms with Crippen molar-refractivity contribution < 1.29 is 9.90 Å². The third-order valence-electron chi connectivity index (χ3n) is 3.77. The zero-order chi connectivity index (χ0) is 14.0. The van der Waals surface area contributed by atoms with E-state index in [0.717, 1.165) is 42.9 Å². The maximum absolute atomic E-state index is 12.5. The van der Waals surface area contributed by atoms with Crippen LogP contribution in [0.5, 0.6) is 0 Å². The molecule has 1 aliphatic carbocycles. The minimum absolute atomic E-state index is 0.0651. The molecule has 1 aromatic rings. The van der Waals surface area contributed by atoms with Crippen molar-refractivity contribution in [2.45, 2.75) is 57.6 Å². The van der Waals surface area contributed by atoms with Crippen LogP contribution in [0.3, 0.4) is 0 Å². The topological polar surface area (TPSA) is 66.3 Å². The van der Waals surface area contributed by atoms with E-state index in [2.05, 4.69) is 9.59 Å². The highest BCUT2D eigenvalue weighted by Gasteiger charge is 2.32. The summed E-state index contributed by atoms with van der Waals surface area (Å²) in [6.07, 6.45) is 3.34. The fourth-order valence-electron chi connectivity index (χ4n) is 2.58. The molecule has 2 rings (SSSR count). The zero-order valence-electron chi connectivity index (χ0n) is 11.7. The summed E-state index contributed by atoms with van der Waals surface area (Å²) in [5, 5.41) is 14.1. The second-order valence-electron chi connectivity index (χ2n) is 5.48. The van der Waals surface area contributed by atoms with E-state index in [4.69, 9.17) is 0 Å². The van der Waals surface area contributed by atoms with Gasteiger partial charge in [-0.1, -0.05) is 31.2 Å². The summed E-state index contributed by atoms with van der Waals surface area (Å²) in [5.74, 6) is 0.118. The highest BCUT2D eigenvalue weighted by Crippen LogP contribution is 2.26. The molecule has 0 aromatic carbocycles. The summed E-state index contributed by atoms with van der Waals surface area (Å²) in [4.78, 5) is 14.8. The molecular weight excluding hydrogens is 262 g/mol. The number of hydrogen-bond acceptors (Lipinski definition) is 5. The van der Waals surface area contributed by atoms with Crippen LogP contribution in [0.1, 0.15) is 60.8 Å². The van der Waals surface area contributed by atoms with Crippen molar-refractivity contribution in [2.24, 2.45) is 0 Å². The number of aliphatic hydroxyl groups is 1. The van der Waals surface area contributed by atoms with Gasteiger partial charge in [-0.2, -0.15) is 0 Å². The second kappa shape index (κ2) is 5.96. The summed E-state index contributed by atoms with van der Waals surface area (Å²) < 4.78 is 3.89. The first-order chi connectivity index (χ1) is 9.02. The lowest BCUT2D eigenvalue weighted by Crippen LogP contribution is -2.46. The predicted octanol–water partition coefficient (Wildman–Crippen LogP) is 2.04. The Morgan fingerprint density at radius 1 is 1.42 bits per heavy atom. The number of nitrogens with zero attached hydrogens (tertiary/aromatic N) is 3. The van der Waals surface area contributed by atoms with Gasteiger partial charge in [0, 0.05) is 7.05 Å². The fraction of sp³-hybridized carbons (Fsp3) is 0.769. The number of rotatable bonds is 3. The van der Waals surface area contributed by atoms with Gasteiger partial charge in [0.25, 0.3) is 5.91 Å². The third kappa shape index (κ3) is 2.95. The van der Waals surface area contributed by atoms with Crippen molar-refractivity contribution in [3.8, 4) is 0 Å². The Kier molecular flexibility index (Phi) is 4.52. The molecule has 19 heavy (non-hydrogen) atoms. The Morgan fingerprint density at radius 2 is 2.11 bits per heavy atom. The molecule has 6 heteroatoms. The molecule has 1 heterocycles.